The van der Waals surface area contributed by atoms with Crippen LogP contribution in [0.3, 0.4) is 0 Å². The number of hydrazine groups is 1. The number of hydrogen-bond acceptors (Lipinski definition) is 5. The lowest BCUT2D eigenvalue weighted by molar-refractivity contribution is -0.171. The number of nitrogens with one attached hydrogen (secondary N) is 2. The maximum atomic E-state index is 12.6. The van der Waals surface area contributed by atoms with Crippen LogP contribution in [0.2, 0.25) is 0 Å². The number of likely N-dealkylation sites (tertiary alicyclic amines) is 1. The van der Waals surface area contributed by atoms with Crippen molar-refractivity contribution in [2.75, 3.05) is 6.54 Å². The van der Waals surface area contributed by atoms with Gasteiger partial charge in [-0.1, -0.05) is 0 Å². The summed E-state index contributed by atoms with van der Waals surface area (Å²) >= 11 is 0. The third-order valence-corrected chi connectivity index (χ3v) is 4.95. The summed E-state index contributed by atoms with van der Waals surface area (Å²) in [6, 6.07) is -0.631. The first-order chi connectivity index (χ1) is 11.2. The molecule has 0 bridgehead atoms. The van der Waals surface area contributed by atoms with Crippen LogP contribution in [0.15, 0.2) is 0 Å². The van der Waals surface area contributed by atoms with Gasteiger partial charge in [0, 0.05) is 25.9 Å². The van der Waals surface area contributed by atoms with Gasteiger partial charge in [0.2, 0.25) is 23.6 Å². The highest BCUT2D eigenvalue weighted by atomic mass is 16.2. The van der Waals surface area contributed by atoms with Gasteiger partial charge in [0.1, 0.15) is 6.04 Å². The summed E-state index contributed by atoms with van der Waals surface area (Å²) in [6.07, 6.45) is 3.11. The van der Waals surface area contributed by atoms with Gasteiger partial charge in [0.25, 0.3) is 0 Å². The van der Waals surface area contributed by atoms with E-state index >= 15 is 0 Å². The fourth-order valence-corrected chi connectivity index (χ4v) is 3.55. The smallest absolute Gasteiger partial charge is 0.240 e. The zero-order chi connectivity index (χ0) is 17.9. The van der Waals surface area contributed by atoms with Crippen molar-refractivity contribution in [3.63, 3.8) is 0 Å². The zero-order valence-electron chi connectivity index (χ0n) is 13.8. The Balaban J connectivity index is 1.88. The summed E-state index contributed by atoms with van der Waals surface area (Å²) < 4.78 is 0. The maximum Gasteiger partial charge on any atom is 0.240 e. The van der Waals surface area contributed by atoms with E-state index in [9.17, 15) is 19.2 Å². The molecule has 2 rings (SSSR count). The Hall–Kier alpha value is -2.16. The molecular formula is C15H25N5O4. The molecule has 0 aromatic heterocycles. The van der Waals surface area contributed by atoms with Crippen LogP contribution in [0.5, 0.6) is 0 Å². The number of carbonyl (C=O) groups is 4. The van der Waals surface area contributed by atoms with E-state index in [4.69, 9.17) is 11.5 Å². The van der Waals surface area contributed by atoms with Crippen molar-refractivity contribution in [1.29, 1.82) is 0 Å². The van der Waals surface area contributed by atoms with Crippen LogP contribution < -0.4 is 22.3 Å². The van der Waals surface area contributed by atoms with Gasteiger partial charge < -0.3 is 16.4 Å². The zero-order valence-corrected chi connectivity index (χ0v) is 13.8. The fraction of sp³-hybridized carbons (Fsp3) is 0.733. The van der Waals surface area contributed by atoms with Crippen molar-refractivity contribution in [2.45, 2.75) is 57.5 Å². The minimum absolute atomic E-state index is 0.0209. The quantitative estimate of drug-likeness (QED) is 0.330. The van der Waals surface area contributed by atoms with Crippen molar-refractivity contribution in [1.82, 2.24) is 15.8 Å². The van der Waals surface area contributed by atoms with Gasteiger partial charge in [-0.15, -0.1) is 0 Å². The number of hydrogen-bond donors (Lipinski definition) is 4. The molecule has 9 heteroatoms. The number of amides is 4. The highest BCUT2D eigenvalue weighted by Crippen LogP contribution is 2.46. The monoisotopic (exact) mass is 339 g/mol. The van der Waals surface area contributed by atoms with Crippen LogP contribution in [-0.2, 0) is 19.2 Å². The predicted molar refractivity (Wildman–Crippen MR) is 84.8 cm³/mol. The van der Waals surface area contributed by atoms with E-state index in [0.29, 0.717) is 19.4 Å². The number of carbonyl (C=O) groups excluding carboxylic acids is 4. The first-order valence-electron chi connectivity index (χ1n) is 8.16. The summed E-state index contributed by atoms with van der Waals surface area (Å²) in [5, 5.41) is 0. The molecule has 2 aliphatic rings. The van der Waals surface area contributed by atoms with Crippen molar-refractivity contribution in [3.8, 4) is 0 Å². The van der Waals surface area contributed by atoms with E-state index in [2.05, 4.69) is 10.9 Å². The second kappa shape index (κ2) is 7.16. The minimum Gasteiger partial charge on any atom is -0.370 e. The predicted octanol–water partition coefficient (Wildman–Crippen LogP) is -1.48. The molecule has 0 aromatic carbocycles. The van der Waals surface area contributed by atoms with Gasteiger partial charge in [-0.05, 0) is 32.1 Å². The first kappa shape index (κ1) is 18.2. The van der Waals surface area contributed by atoms with Crippen LogP contribution in [0.25, 0.3) is 0 Å². The summed E-state index contributed by atoms with van der Waals surface area (Å²) in [4.78, 5) is 47.5. The standard InChI is InChI=1S/C15H25N5O4/c1-9(21)18-19-10-4-6-15(7-5-10)8-20(14(15)24)11(13(17)23)2-3-12(16)22/h10-11,19H,2-8H2,1H3,(H2,16,22)(H2,17,23)(H,18,21)/t10?,11-,15?/m0/s1. The van der Waals surface area contributed by atoms with Crippen molar-refractivity contribution in [2.24, 2.45) is 16.9 Å². The van der Waals surface area contributed by atoms with Crippen LogP contribution in [0.1, 0.15) is 45.4 Å². The van der Waals surface area contributed by atoms with Gasteiger partial charge in [-0.2, -0.15) is 0 Å². The molecule has 1 saturated carbocycles. The van der Waals surface area contributed by atoms with Crippen LogP contribution in [-0.4, -0.2) is 47.2 Å². The number of primary amides is 2. The molecule has 1 saturated heterocycles. The number of nitrogens with zero attached hydrogens (tertiary/aromatic N) is 1. The van der Waals surface area contributed by atoms with Crippen LogP contribution in [0.4, 0.5) is 0 Å². The molecule has 134 valence electrons. The van der Waals surface area contributed by atoms with Crippen molar-refractivity contribution in [3.05, 3.63) is 0 Å². The Kier molecular flexibility index (Phi) is 5.43. The third-order valence-electron chi connectivity index (χ3n) is 4.95. The molecule has 4 amide bonds. The highest BCUT2D eigenvalue weighted by Gasteiger charge is 2.55. The Morgan fingerprint density at radius 1 is 1.29 bits per heavy atom. The summed E-state index contributed by atoms with van der Waals surface area (Å²) in [5.74, 6) is -1.36. The molecule has 1 heterocycles. The summed E-state index contributed by atoms with van der Waals surface area (Å²) in [7, 11) is 0. The first-order valence-corrected chi connectivity index (χ1v) is 8.16. The van der Waals surface area contributed by atoms with Crippen molar-refractivity contribution >= 4 is 23.6 Å². The molecule has 24 heavy (non-hydrogen) atoms. The van der Waals surface area contributed by atoms with E-state index in [-0.39, 0.29) is 30.7 Å². The molecule has 1 aliphatic heterocycles. The van der Waals surface area contributed by atoms with Crippen LogP contribution in [0, 0.1) is 5.41 Å². The Labute approximate surface area is 140 Å². The van der Waals surface area contributed by atoms with Crippen LogP contribution >= 0.6 is 0 Å². The molecule has 9 nitrogen and oxygen atoms in total. The average Bonchev–Trinajstić information content (AvgIpc) is 2.52. The summed E-state index contributed by atoms with van der Waals surface area (Å²) in [5.41, 5.74) is 15.6. The number of rotatable bonds is 7. The second-order valence-electron chi connectivity index (χ2n) is 6.74. The molecule has 0 radical (unpaired) electrons. The highest BCUT2D eigenvalue weighted by molar-refractivity contribution is 5.94. The number of β-lactam (4-membered cyclic amide) rings is 1. The molecule has 0 aromatic rings. The number of nitrogens with two attached hydrogens (primary N) is 2. The lowest BCUT2D eigenvalue weighted by Crippen LogP contribution is -2.68. The van der Waals surface area contributed by atoms with E-state index in [1.54, 1.807) is 0 Å². The third kappa shape index (κ3) is 3.84. The van der Waals surface area contributed by atoms with Gasteiger partial charge in [0.15, 0.2) is 0 Å². The fourth-order valence-electron chi connectivity index (χ4n) is 3.55. The second-order valence-corrected chi connectivity index (χ2v) is 6.74. The Morgan fingerprint density at radius 2 is 1.92 bits per heavy atom. The molecule has 1 spiro atoms. The maximum absolute atomic E-state index is 12.6. The van der Waals surface area contributed by atoms with Gasteiger partial charge >= 0.3 is 0 Å². The van der Waals surface area contributed by atoms with Gasteiger partial charge in [0.05, 0.1) is 5.41 Å². The Morgan fingerprint density at radius 3 is 2.38 bits per heavy atom. The molecule has 2 fully saturated rings. The van der Waals surface area contributed by atoms with Gasteiger partial charge in [-0.25, -0.2) is 5.43 Å². The van der Waals surface area contributed by atoms with E-state index < -0.39 is 23.3 Å². The van der Waals surface area contributed by atoms with E-state index in [1.165, 1.54) is 11.8 Å². The minimum atomic E-state index is -0.772. The SMILES string of the molecule is CC(=O)NNC1CCC2(CC1)CN([C@@H](CCC(N)=O)C(N)=O)C2=O. The topological polar surface area (TPSA) is 148 Å². The molecule has 1 aliphatic carbocycles. The lowest BCUT2D eigenvalue weighted by Gasteiger charge is -2.54. The normalized spacial score (nSPS) is 27.5. The van der Waals surface area contributed by atoms with Crippen molar-refractivity contribution < 1.29 is 19.2 Å². The molecule has 1 atom stereocenters. The van der Waals surface area contributed by atoms with E-state index in [1.807, 2.05) is 0 Å². The molecule has 0 unspecified atom stereocenters. The van der Waals surface area contributed by atoms with E-state index in [0.717, 1.165) is 12.8 Å². The largest absolute Gasteiger partial charge is 0.370 e. The van der Waals surface area contributed by atoms with Gasteiger partial charge in [-0.3, -0.25) is 24.6 Å². The lowest BCUT2D eigenvalue weighted by atomic mass is 9.66. The Bertz CT molecular complexity index is 542. The summed E-state index contributed by atoms with van der Waals surface area (Å²) in [6.45, 7) is 1.91. The molecular weight excluding hydrogens is 314 g/mol. The average molecular weight is 339 g/mol. The molecule has 6 N–H and O–H groups in total.